The number of alkyl carbamates (subject to hydrolysis) is 1. The van der Waals surface area contributed by atoms with E-state index in [0.29, 0.717) is 24.1 Å². The Balaban J connectivity index is 1.42. The summed E-state index contributed by atoms with van der Waals surface area (Å²) < 4.78 is 10.4. The number of rotatable bonds is 10. The molecule has 2 aromatic carbocycles. The Morgan fingerprint density at radius 1 is 1.00 bits per heavy atom. The number of non-ortho nitro benzene ring substituents is 2. The third-order valence-corrected chi connectivity index (χ3v) is 6.05. The van der Waals surface area contributed by atoms with Crippen molar-refractivity contribution in [1.29, 1.82) is 0 Å². The van der Waals surface area contributed by atoms with Gasteiger partial charge in [-0.15, -0.1) is 0 Å². The Kier molecular flexibility index (Phi) is 9.63. The molecule has 2 aromatic rings. The van der Waals surface area contributed by atoms with Gasteiger partial charge in [0.1, 0.15) is 13.2 Å². The summed E-state index contributed by atoms with van der Waals surface area (Å²) in [7, 11) is 0. The van der Waals surface area contributed by atoms with Crippen molar-refractivity contribution in [3.63, 3.8) is 0 Å². The third-order valence-electron chi connectivity index (χ3n) is 5.68. The number of ether oxygens (including phenoxy) is 2. The molecular formula is C23H26N4O9S. The molecule has 0 bridgehead atoms. The van der Waals surface area contributed by atoms with E-state index in [9.17, 15) is 34.9 Å². The number of carbonyl (C=O) groups excluding carboxylic acids is 2. The Morgan fingerprint density at radius 3 is 2.03 bits per heavy atom. The second-order valence-corrected chi connectivity index (χ2v) is 9.17. The van der Waals surface area contributed by atoms with Gasteiger partial charge in [-0.3, -0.25) is 20.2 Å². The van der Waals surface area contributed by atoms with Gasteiger partial charge in [0.15, 0.2) is 0 Å². The Hall–Kier alpha value is -3.91. The maximum Gasteiger partial charge on any atom is 0.410 e. The third kappa shape index (κ3) is 8.32. The predicted molar refractivity (Wildman–Crippen MR) is 133 cm³/mol. The minimum atomic E-state index is -0.972. The van der Waals surface area contributed by atoms with Gasteiger partial charge in [-0.25, -0.2) is 9.59 Å². The van der Waals surface area contributed by atoms with Crippen molar-refractivity contribution >= 4 is 36.2 Å². The average Bonchev–Trinajstić information content (AvgIpc) is 3.24. The number of hydrogen-bond donors (Lipinski definition) is 3. The SMILES string of the molecule is O=C(NC[C@@H](O)C[C@@H]1C[C@H](S)CN1C(=O)OCc1ccc([N+](=O)[O-])cc1)OCc1ccc([N+](=O)[O-])cc1. The fraction of sp³-hybridized carbons (Fsp3) is 0.391. The summed E-state index contributed by atoms with van der Waals surface area (Å²) in [5.41, 5.74) is 1.02. The molecule has 198 valence electrons. The number of thiol groups is 1. The molecule has 0 radical (unpaired) electrons. The van der Waals surface area contributed by atoms with Crippen LogP contribution in [0.3, 0.4) is 0 Å². The summed E-state index contributed by atoms with van der Waals surface area (Å²) >= 11 is 4.44. The minimum absolute atomic E-state index is 0.0644. The number of amides is 2. The van der Waals surface area contributed by atoms with Crippen molar-refractivity contribution in [3.8, 4) is 0 Å². The summed E-state index contributed by atoms with van der Waals surface area (Å²) in [5, 5.41) is 34.2. The highest BCUT2D eigenvalue weighted by atomic mass is 32.1. The van der Waals surface area contributed by atoms with Crippen LogP contribution in [0.1, 0.15) is 24.0 Å². The summed E-state index contributed by atoms with van der Waals surface area (Å²) in [5.74, 6) is 0. The number of nitrogens with zero attached hydrogens (tertiary/aromatic N) is 3. The molecule has 1 saturated heterocycles. The molecule has 0 spiro atoms. The van der Waals surface area contributed by atoms with E-state index in [0.717, 1.165) is 0 Å². The normalized spacial score (nSPS) is 17.6. The number of nitrogens with one attached hydrogen (secondary N) is 1. The molecule has 3 atom stereocenters. The van der Waals surface area contributed by atoms with Crippen LogP contribution in [0.2, 0.25) is 0 Å². The Labute approximate surface area is 217 Å². The quantitative estimate of drug-likeness (QED) is 0.235. The van der Waals surface area contributed by atoms with Crippen LogP contribution in [0.4, 0.5) is 21.0 Å². The molecule has 3 rings (SSSR count). The highest BCUT2D eigenvalue weighted by molar-refractivity contribution is 7.81. The first-order chi connectivity index (χ1) is 17.6. The lowest BCUT2D eigenvalue weighted by Gasteiger charge is -2.26. The van der Waals surface area contributed by atoms with Crippen LogP contribution in [0.25, 0.3) is 0 Å². The van der Waals surface area contributed by atoms with E-state index >= 15 is 0 Å². The van der Waals surface area contributed by atoms with E-state index < -0.39 is 28.1 Å². The Bertz CT molecular complexity index is 1110. The van der Waals surface area contributed by atoms with E-state index in [1.165, 1.54) is 53.4 Å². The molecule has 1 heterocycles. The lowest BCUT2D eigenvalue weighted by atomic mass is 10.1. The summed E-state index contributed by atoms with van der Waals surface area (Å²) in [4.78, 5) is 46.4. The second kappa shape index (κ2) is 12.9. The molecule has 0 unspecified atom stereocenters. The zero-order chi connectivity index (χ0) is 26.9. The van der Waals surface area contributed by atoms with Gasteiger partial charge < -0.3 is 24.8 Å². The average molecular weight is 535 g/mol. The highest BCUT2D eigenvalue weighted by Crippen LogP contribution is 2.26. The number of aliphatic hydroxyl groups excluding tert-OH is 1. The number of aliphatic hydroxyl groups is 1. The van der Waals surface area contributed by atoms with Crippen LogP contribution in [-0.4, -0.2) is 62.5 Å². The first kappa shape index (κ1) is 27.7. The van der Waals surface area contributed by atoms with E-state index in [2.05, 4.69) is 17.9 Å². The molecule has 2 amide bonds. The van der Waals surface area contributed by atoms with Gasteiger partial charge in [-0.05, 0) is 48.2 Å². The fourth-order valence-electron chi connectivity index (χ4n) is 3.79. The van der Waals surface area contributed by atoms with Crippen molar-refractivity contribution in [2.24, 2.45) is 0 Å². The maximum atomic E-state index is 12.6. The van der Waals surface area contributed by atoms with Crippen molar-refractivity contribution < 1.29 is 34.0 Å². The van der Waals surface area contributed by atoms with E-state index in [-0.39, 0.29) is 48.8 Å². The van der Waals surface area contributed by atoms with Crippen LogP contribution in [0.15, 0.2) is 48.5 Å². The molecular weight excluding hydrogens is 508 g/mol. The van der Waals surface area contributed by atoms with Gasteiger partial charge in [0.05, 0.1) is 16.0 Å². The molecule has 14 heteroatoms. The molecule has 0 saturated carbocycles. The highest BCUT2D eigenvalue weighted by Gasteiger charge is 2.36. The van der Waals surface area contributed by atoms with Crippen LogP contribution in [0, 0.1) is 20.2 Å². The number of benzene rings is 2. The number of nitro groups is 2. The monoisotopic (exact) mass is 534 g/mol. The van der Waals surface area contributed by atoms with Crippen molar-refractivity contribution in [3.05, 3.63) is 79.9 Å². The standard InChI is InChI=1S/C23H26N4O9S/c28-20(11-24-22(29)35-13-15-1-5-17(6-2-15)26(31)32)9-19-10-21(37)12-25(19)23(30)36-14-16-3-7-18(8-4-16)27(33)34/h1-8,19-21,28,37H,9-14H2,(H,24,29)/t19-,20+,21+/m1/s1. The smallest absolute Gasteiger partial charge is 0.410 e. The van der Waals surface area contributed by atoms with Crippen molar-refractivity contribution in [2.45, 2.75) is 43.5 Å². The lowest BCUT2D eigenvalue weighted by molar-refractivity contribution is -0.385. The van der Waals surface area contributed by atoms with E-state index in [1.54, 1.807) is 0 Å². The first-order valence-corrected chi connectivity index (χ1v) is 11.8. The molecule has 37 heavy (non-hydrogen) atoms. The first-order valence-electron chi connectivity index (χ1n) is 11.3. The van der Waals surface area contributed by atoms with Gasteiger partial charge in [0.25, 0.3) is 11.4 Å². The topological polar surface area (TPSA) is 174 Å². The largest absolute Gasteiger partial charge is 0.445 e. The fourth-order valence-corrected chi connectivity index (χ4v) is 4.21. The number of nitro benzene ring substituents is 2. The molecule has 1 aliphatic rings. The van der Waals surface area contributed by atoms with Gasteiger partial charge >= 0.3 is 12.2 Å². The zero-order valence-electron chi connectivity index (χ0n) is 19.6. The minimum Gasteiger partial charge on any atom is -0.445 e. The second-order valence-electron chi connectivity index (χ2n) is 8.44. The molecule has 1 aliphatic heterocycles. The molecule has 1 fully saturated rings. The number of carbonyl (C=O) groups is 2. The van der Waals surface area contributed by atoms with Gasteiger partial charge in [0, 0.05) is 48.6 Å². The van der Waals surface area contributed by atoms with Crippen molar-refractivity contribution in [1.82, 2.24) is 10.2 Å². The Morgan fingerprint density at radius 2 is 1.51 bits per heavy atom. The molecule has 2 N–H and O–H groups in total. The zero-order valence-corrected chi connectivity index (χ0v) is 20.5. The van der Waals surface area contributed by atoms with Gasteiger partial charge in [-0.2, -0.15) is 12.6 Å². The summed E-state index contributed by atoms with van der Waals surface area (Å²) in [6, 6.07) is 10.9. The predicted octanol–water partition coefficient (Wildman–Crippen LogP) is 3.19. The molecule has 0 aliphatic carbocycles. The molecule has 13 nitrogen and oxygen atoms in total. The van der Waals surface area contributed by atoms with Crippen molar-refractivity contribution in [2.75, 3.05) is 13.1 Å². The number of likely N-dealkylation sites (tertiary alicyclic amines) is 1. The van der Waals surface area contributed by atoms with E-state index in [1.807, 2.05) is 0 Å². The van der Waals surface area contributed by atoms with Crippen LogP contribution in [-0.2, 0) is 22.7 Å². The maximum absolute atomic E-state index is 12.6. The summed E-state index contributed by atoms with van der Waals surface area (Å²) in [6.45, 7) is 0.0447. The van der Waals surface area contributed by atoms with Gasteiger partial charge in [-0.1, -0.05) is 0 Å². The molecule has 0 aromatic heterocycles. The lowest BCUT2D eigenvalue weighted by Crippen LogP contribution is -2.40. The summed E-state index contributed by atoms with van der Waals surface area (Å²) in [6.07, 6.45) is -1.64. The van der Waals surface area contributed by atoms with Gasteiger partial charge in [0.2, 0.25) is 0 Å². The van der Waals surface area contributed by atoms with Crippen LogP contribution < -0.4 is 5.32 Å². The van der Waals surface area contributed by atoms with E-state index in [4.69, 9.17) is 9.47 Å². The van der Waals surface area contributed by atoms with Crippen LogP contribution in [0.5, 0.6) is 0 Å². The van der Waals surface area contributed by atoms with Crippen LogP contribution >= 0.6 is 12.6 Å². The number of hydrogen-bond acceptors (Lipinski definition) is 10.